The highest BCUT2D eigenvalue weighted by Crippen LogP contribution is 2.23. The Kier molecular flexibility index (Phi) is 5.03. The number of hydrogen-bond acceptors (Lipinski definition) is 4. The van der Waals surface area contributed by atoms with E-state index in [4.69, 9.17) is 0 Å². The number of benzene rings is 1. The molecule has 0 saturated carbocycles. The van der Waals surface area contributed by atoms with Gasteiger partial charge in [-0.15, -0.1) is 0 Å². The summed E-state index contributed by atoms with van der Waals surface area (Å²) >= 11 is 0. The predicted molar refractivity (Wildman–Crippen MR) is 82.6 cm³/mol. The van der Waals surface area contributed by atoms with Crippen LogP contribution in [0.5, 0.6) is 0 Å². The van der Waals surface area contributed by atoms with Crippen LogP contribution < -0.4 is 0 Å². The lowest BCUT2D eigenvalue weighted by atomic mass is 10.1. The molecule has 0 aliphatic carbocycles. The summed E-state index contributed by atoms with van der Waals surface area (Å²) in [6, 6.07) is 4.92. The molecular weight excluding hydrogens is 288 g/mol. The summed E-state index contributed by atoms with van der Waals surface area (Å²) in [7, 11) is -1.50. The lowest BCUT2D eigenvalue weighted by Crippen LogP contribution is -2.41. The van der Waals surface area contributed by atoms with Crippen LogP contribution in [0.3, 0.4) is 0 Å². The van der Waals surface area contributed by atoms with Gasteiger partial charge in [0.05, 0.1) is 11.5 Å². The SMILES string of the molecule is Cc1ccc(S(=O)(=O)N2CCCN(C)CC2C)cc1CO. The van der Waals surface area contributed by atoms with E-state index >= 15 is 0 Å². The Labute approximate surface area is 127 Å². The second-order valence-corrected chi connectivity index (χ2v) is 7.72. The zero-order valence-corrected chi connectivity index (χ0v) is 13.7. The van der Waals surface area contributed by atoms with E-state index in [1.165, 1.54) is 0 Å². The number of likely N-dealkylation sites (N-methyl/N-ethyl adjacent to an activating group) is 1. The molecule has 6 heteroatoms. The number of aliphatic hydroxyl groups excluding tert-OH is 1. The van der Waals surface area contributed by atoms with Gasteiger partial charge in [-0.3, -0.25) is 0 Å². The summed E-state index contributed by atoms with van der Waals surface area (Å²) in [5.41, 5.74) is 1.57. The van der Waals surface area contributed by atoms with Gasteiger partial charge in [0, 0.05) is 19.1 Å². The number of aryl methyl sites for hydroxylation is 1. The molecule has 2 rings (SSSR count). The average Bonchev–Trinajstić information content (AvgIpc) is 2.59. The van der Waals surface area contributed by atoms with E-state index in [2.05, 4.69) is 4.90 Å². The topological polar surface area (TPSA) is 60.9 Å². The minimum absolute atomic E-state index is 0.0543. The van der Waals surface area contributed by atoms with Gasteiger partial charge in [-0.1, -0.05) is 6.07 Å². The molecule has 0 aromatic heterocycles. The molecule has 0 bridgehead atoms. The predicted octanol–water partition coefficient (Wildman–Crippen LogP) is 1.20. The summed E-state index contributed by atoms with van der Waals surface area (Å²) in [6.07, 6.45) is 0.832. The first kappa shape index (κ1) is 16.4. The third-order valence-corrected chi connectivity index (χ3v) is 6.09. The first-order valence-corrected chi connectivity index (χ1v) is 8.71. The van der Waals surface area contributed by atoms with Crippen LogP contribution in [0.1, 0.15) is 24.5 Å². The second kappa shape index (κ2) is 6.44. The Hall–Kier alpha value is -0.950. The zero-order chi connectivity index (χ0) is 15.6. The van der Waals surface area contributed by atoms with Gasteiger partial charge < -0.3 is 10.0 Å². The van der Waals surface area contributed by atoms with Gasteiger partial charge >= 0.3 is 0 Å². The van der Waals surface area contributed by atoms with Crippen molar-refractivity contribution in [2.24, 2.45) is 0 Å². The lowest BCUT2D eigenvalue weighted by molar-refractivity contribution is 0.280. The van der Waals surface area contributed by atoms with E-state index in [9.17, 15) is 13.5 Å². The summed E-state index contributed by atoms with van der Waals surface area (Å²) in [4.78, 5) is 2.43. The molecule has 1 aromatic carbocycles. The Balaban J connectivity index is 2.36. The normalized spacial score (nSPS) is 22.2. The van der Waals surface area contributed by atoms with Gasteiger partial charge in [0.1, 0.15) is 0 Å². The van der Waals surface area contributed by atoms with Gasteiger partial charge in [-0.05, 0) is 57.1 Å². The molecule has 0 spiro atoms. The van der Waals surface area contributed by atoms with Crippen LogP contribution >= 0.6 is 0 Å². The Morgan fingerprint density at radius 2 is 2.05 bits per heavy atom. The number of rotatable bonds is 3. The van der Waals surface area contributed by atoms with Gasteiger partial charge in [0.15, 0.2) is 0 Å². The third kappa shape index (κ3) is 3.45. The number of hydrogen-bond donors (Lipinski definition) is 1. The molecule has 1 atom stereocenters. The van der Waals surface area contributed by atoms with Crippen molar-refractivity contribution in [3.8, 4) is 0 Å². The van der Waals surface area contributed by atoms with Crippen molar-refractivity contribution >= 4 is 10.0 Å². The highest BCUT2D eigenvalue weighted by atomic mass is 32.2. The molecule has 1 heterocycles. The highest BCUT2D eigenvalue weighted by molar-refractivity contribution is 7.89. The van der Waals surface area contributed by atoms with Crippen molar-refractivity contribution in [1.29, 1.82) is 0 Å². The van der Waals surface area contributed by atoms with Crippen LogP contribution in [0.25, 0.3) is 0 Å². The van der Waals surface area contributed by atoms with Crippen LogP contribution in [0.15, 0.2) is 23.1 Å². The molecule has 0 radical (unpaired) electrons. The van der Waals surface area contributed by atoms with Crippen molar-refractivity contribution in [2.45, 2.75) is 37.8 Å². The Morgan fingerprint density at radius 3 is 2.71 bits per heavy atom. The minimum atomic E-state index is -3.51. The monoisotopic (exact) mass is 312 g/mol. The molecule has 1 fully saturated rings. The van der Waals surface area contributed by atoms with E-state index in [1.54, 1.807) is 22.5 Å². The second-order valence-electron chi connectivity index (χ2n) is 5.83. The third-order valence-electron chi connectivity index (χ3n) is 4.08. The quantitative estimate of drug-likeness (QED) is 0.911. The summed E-state index contributed by atoms with van der Waals surface area (Å²) in [6.45, 7) is 5.85. The summed E-state index contributed by atoms with van der Waals surface area (Å²) in [5, 5.41) is 9.34. The fraction of sp³-hybridized carbons (Fsp3) is 0.600. The number of aliphatic hydroxyl groups is 1. The molecule has 1 unspecified atom stereocenters. The lowest BCUT2D eigenvalue weighted by Gasteiger charge is -2.27. The average molecular weight is 312 g/mol. The largest absolute Gasteiger partial charge is 0.392 e. The first-order chi connectivity index (χ1) is 9.86. The Morgan fingerprint density at radius 1 is 1.33 bits per heavy atom. The zero-order valence-electron chi connectivity index (χ0n) is 12.9. The number of sulfonamides is 1. The summed E-state index contributed by atoms with van der Waals surface area (Å²) in [5.74, 6) is 0. The molecule has 5 nitrogen and oxygen atoms in total. The molecule has 1 aromatic rings. The van der Waals surface area contributed by atoms with Crippen LogP contribution in [0.4, 0.5) is 0 Å². The first-order valence-electron chi connectivity index (χ1n) is 7.27. The standard InChI is InChI=1S/C15H24N2O3S/c1-12-5-6-15(9-14(12)11-18)21(19,20)17-8-4-7-16(3)10-13(17)2/h5-6,9,13,18H,4,7-8,10-11H2,1-3H3. The Bertz CT molecular complexity index is 601. The van der Waals surface area contributed by atoms with Gasteiger partial charge in [-0.25, -0.2) is 8.42 Å². The highest BCUT2D eigenvalue weighted by Gasteiger charge is 2.31. The maximum absolute atomic E-state index is 12.9. The molecule has 1 saturated heterocycles. The molecule has 0 amide bonds. The molecule has 118 valence electrons. The van der Waals surface area contributed by atoms with Crippen LogP contribution in [-0.2, 0) is 16.6 Å². The molecule has 1 aliphatic heterocycles. The van der Waals surface area contributed by atoms with E-state index in [0.717, 1.165) is 25.1 Å². The van der Waals surface area contributed by atoms with Gasteiger partial charge in [-0.2, -0.15) is 4.31 Å². The van der Waals surface area contributed by atoms with E-state index in [1.807, 2.05) is 20.9 Å². The maximum Gasteiger partial charge on any atom is 0.243 e. The molecule has 21 heavy (non-hydrogen) atoms. The molecule has 1 N–H and O–H groups in total. The van der Waals surface area contributed by atoms with E-state index in [-0.39, 0.29) is 17.5 Å². The minimum Gasteiger partial charge on any atom is -0.392 e. The summed E-state index contributed by atoms with van der Waals surface area (Å²) < 4.78 is 27.3. The van der Waals surface area contributed by atoms with Crippen molar-refractivity contribution in [3.05, 3.63) is 29.3 Å². The van der Waals surface area contributed by atoms with E-state index < -0.39 is 10.0 Å². The van der Waals surface area contributed by atoms with Gasteiger partial charge in [0.2, 0.25) is 10.0 Å². The fourth-order valence-corrected chi connectivity index (χ4v) is 4.53. The smallest absolute Gasteiger partial charge is 0.243 e. The van der Waals surface area contributed by atoms with Crippen LogP contribution in [0, 0.1) is 6.92 Å². The number of nitrogens with zero attached hydrogens (tertiary/aromatic N) is 2. The molecule has 1 aliphatic rings. The van der Waals surface area contributed by atoms with Crippen LogP contribution in [0.2, 0.25) is 0 Å². The van der Waals surface area contributed by atoms with Crippen molar-refractivity contribution < 1.29 is 13.5 Å². The van der Waals surface area contributed by atoms with Crippen molar-refractivity contribution in [1.82, 2.24) is 9.21 Å². The van der Waals surface area contributed by atoms with Crippen molar-refractivity contribution in [2.75, 3.05) is 26.7 Å². The van der Waals surface area contributed by atoms with Crippen molar-refractivity contribution in [3.63, 3.8) is 0 Å². The fourth-order valence-electron chi connectivity index (χ4n) is 2.82. The van der Waals surface area contributed by atoms with E-state index in [0.29, 0.717) is 12.1 Å². The molecular formula is C15H24N2O3S. The van der Waals surface area contributed by atoms with Crippen LogP contribution in [-0.4, -0.2) is 55.5 Å². The van der Waals surface area contributed by atoms with Gasteiger partial charge in [0.25, 0.3) is 0 Å². The maximum atomic E-state index is 12.9.